The van der Waals surface area contributed by atoms with Crippen LogP contribution in [-0.4, -0.2) is 52.1 Å². The lowest BCUT2D eigenvalue weighted by Crippen LogP contribution is -2.34. The van der Waals surface area contributed by atoms with Crippen molar-refractivity contribution in [2.45, 2.75) is 69.6 Å². The van der Waals surface area contributed by atoms with Crippen molar-refractivity contribution in [1.29, 1.82) is 0 Å². The van der Waals surface area contributed by atoms with Gasteiger partial charge in [-0.2, -0.15) is 4.98 Å². The number of rotatable bonds is 6. The number of primary amides is 1. The highest BCUT2D eigenvalue weighted by atomic mass is 16.3. The van der Waals surface area contributed by atoms with Crippen molar-refractivity contribution in [2.75, 3.05) is 17.7 Å². The molecular formula is C19H30N6O3. The van der Waals surface area contributed by atoms with Gasteiger partial charge in [0.25, 0.3) is 5.91 Å². The number of aromatic nitrogens is 2. The van der Waals surface area contributed by atoms with Gasteiger partial charge in [-0.25, -0.2) is 4.98 Å². The standard InChI is InChI=1S/C19H30N6O3/c1-21-18(28)11-5-7-12(8-6-11)24-19-22-10-15(16(20)27)17(25-19)23-13-3-2-4-14(26)9-13/h10-14,26H,2-9H2,1H3,(H2,20,27)(H,21,28)(H2,22,23,24,25)/t11?,12?,13-,14-/m1/s1. The third-order valence-corrected chi connectivity index (χ3v) is 5.72. The Kier molecular flexibility index (Phi) is 6.66. The normalized spacial score (nSPS) is 27.6. The van der Waals surface area contributed by atoms with E-state index in [4.69, 9.17) is 5.73 Å². The Bertz CT molecular complexity index is 705. The second-order valence-corrected chi connectivity index (χ2v) is 7.79. The number of nitrogens with two attached hydrogens (primary N) is 1. The number of carbonyl (C=O) groups excluding carboxylic acids is 2. The number of aliphatic hydroxyl groups excluding tert-OH is 1. The molecule has 1 aromatic heterocycles. The van der Waals surface area contributed by atoms with E-state index in [1.54, 1.807) is 7.05 Å². The van der Waals surface area contributed by atoms with Crippen LogP contribution >= 0.6 is 0 Å². The maximum absolute atomic E-state index is 11.8. The lowest BCUT2D eigenvalue weighted by Gasteiger charge is -2.29. The van der Waals surface area contributed by atoms with Crippen molar-refractivity contribution in [2.24, 2.45) is 11.7 Å². The van der Waals surface area contributed by atoms with E-state index in [1.165, 1.54) is 6.20 Å². The van der Waals surface area contributed by atoms with E-state index in [0.717, 1.165) is 44.9 Å². The molecule has 1 aromatic rings. The molecule has 0 aromatic carbocycles. The second-order valence-electron chi connectivity index (χ2n) is 7.79. The molecule has 154 valence electrons. The molecule has 2 aliphatic carbocycles. The predicted octanol–water partition coefficient (Wildman–Crippen LogP) is 1.01. The van der Waals surface area contributed by atoms with Gasteiger partial charge in [-0.05, 0) is 51.4 Å². The lowest BCUT2D eigenvalue weighted by molar-refractivity contribution is -0.125. The van der Waals surface area contributed by atoms with Crippen molar-refractivity contribution in [3.8, 4) is 0 Å². The highest BCUT2D eigenvalue weighted by Crippen LogP contribution is 2.27. The molecular weight excluding hydrogens is 360 g/mol. The fourth-order valence-electron chi connectivity index (χ4n) is 4.12. The number of amides is 2. The minimum Gasteiger partial charge on any atom is -0.393 e. The van der Waals surface area contributed by atoms with Crippen molar-refractivity contribution in [3.05, 3.63) is 11.8 Å². The summed E-state index contributed by atoms with van der Waals surface area (Å²) in [5, 5.41) is 19.2. The zero-order valence-corrected chi connectivity index (χ0v) is 16.3. The first kappa shape index (κ1) is 20.3. The predicted molar refractivity (Wildman–Crippen MR) is 106 cm³/mol. The Morgan fingerprint density at radius 2 is 1.86 bits per heavy atom. The van der Waals surface area contributed by atoms with Gasteiger partial charge in [0.2, 0.25) is 11.9 Å². The Hall–Kier alpha value is -2.42. The van der Waals surface area contributed by atoms with Crippen LogP contribution in [0.15, 0.2) is 6.20 Å². The monoisotopic (exact) mass is 390 g/mol. The molecule has 2 atom stereocenters. The van der Waals surface area contributed by atoms with E-state index in [2.05, 4.69) is 25.9 Å². The molecule has 1 heterocycles. The topological polar surface area (TPSA) is 142 Å². The zero-order chi connectivity index (χ0) is 20.1. The first-order valence-electron chi connectivity index (χ1n) is 10.1. The summed E-state index contributed by atoms with van der Waals surface area (Å²) in [5.41, 5.74) is 5.72. The van der Waals surface area contributed by atoms with Gasteiger partial charge in [-0.3, -0.25) is 9.59 Å². The maximum atomic E-state index is 11.8. The molecule has 28 heavy (non-hydrogen) atoms. The third kappa shape index (κ3) is 5.09. The van der Waals surface area contributed by atoms with Gasteiger partial charge < -0.3 is 26.8 Å². The first-order chi connectivity index (χ1) is 13.5. The fraction of sp³-hybridized carbons (Fsp3) is 0.684. The summed E-state index contributed by atoms with van der Waals surface area (Å²) in [7, 11) is 1.67. The van der Waals surface area contributed by atoms with E-state index in [0.29, 0.717) is 18.2 Å². The van der Waals surface area contributed by atoms with Crippen molar-refractivity contribution in [1.82, 2.24) is 15.3 Å². The molecule has 2 saturated carbocycles. The van der Waals surface area contributed by atoms with Crippen LogP contribution in [0.5, 0.6) is 0 Å². The Labute approximate surface area is 164 Å². The van der Waals surface area contributed by atoms with E-state index in [1.807, 2.05) is 0 Å². The molecule has 2 amide bonds. The highest BCUT2D eigenvalue weighted by Gasteiger charge is 2.27. The van der Waals surface area contributed by atoms with Crippen LogP contribution in [0.2, 0.25) is 0 Å². The van der Waals surface area contributed by atoms with E-state index in [-0.39, 0.29) is 35.6 Å². The minimum atomic E-state index is -0.587. The van der Waals surface area contributed by atoms with Crippen LogP contribution < -0.4 is 21.7 Å². The van der Waals surface area contributed by atoms with Crippen LogP contribution in [0.3, 0.4) is 0 Å². The number of aliphatic hydroxyl groups is 1. The van der Waals surface area contributed by atoms with E-state index < -0.39 is 5.91 Å². The Morgan fingerprint density at radius 3 is 2.50 bits per heavy atom. The smallest absolute Gasteiger partial charge is 0.254 e. The fourth-order valence-corrected chi connectivity index (χ4v) is 4.12. The molecule has 6 N–H and O–H groups in total. The van der Waals surface area contributed by atoms with Crippen molar-refractivity contribution >= 4 is 23.6 Å². The maximum Gasteiger partial charge on any atom is 0.254 e. The van der Waals surface area contributed by atoms with Gasteiger partial charge in [0.05, 0.1) is 11.7 Å². The summed E-state index contributed by atoms with van der Waals surface area (Å²) in [4.78, 5) is 32.2. The molecule has 3 rings (SSSR count). The third-order valence-electron chi connectivity index (χ3n) is 5.72. The average Bonchev–Trinajstić information content (AvgIpc) is 2.68. The van der Waals surface area contributed by atoms with Gasteiger partial charge in [-0.1, -0.05) is 0 Å². The van der Waals surface area contributed by atoms with Crippen LogP contribution in [-0.2, 0) is 4.79 Å². The number of hydrogen-bond donors (Lipinski definition) is 5. The first-order valence-corrected chi connectivity index (χ1v) is 10.1. The molecule has 2 aliphatic rings. The Morgan fingerprint density at radius 1 is 1.11 bits per heavy atom. The van der Waals surface area contributed by atoms with Gasteiger partial charge >= 0.3 is 0 Å². The molecule has 9 heteroatoms. The Balaban J connectivity index is 1.65. The lowest BCUT2D eigenvalue weighted by atomic mass is 9.85. The SMILES string of the molecule is CNC(=O)C1CCC(Nc2ncc(C(N)=O)c(N[C@@H]3CCC[C@@H](O)C3)n2)CC1. The number of carbonyl (C=O) groups is 2. The van der Waals surface area contributed by atoms with E-state index >= 15 is 0 Å². The summed E-state index contributed by atoms with van der Waals surface area (Å²) < 4.78 is 0. The van der Waals surface area contributed by atoms with Crippen LogP contribution in [0.25, 0.3) is 0 Å². The molecule has 0 radical (unpaired) electrons. The van der Waals surface area contributed by atoms with Gasteiger partial charge in [0.1, 0.15) is 5.82 Å². The minimum absolute atomic E-state index is 0.0487. The van der Waals surface area contributed by atoms with Gasteiger partial charge in [0, 0.05) is 31.2 Å². The average molecular weight is 390 g/mol. The summed E-state index contributed by atoms with van der Waals surface area (Å²) in [6.45, 7) is 0. The number of hydrogen-bond acceptors (Lipinski definition) is 7. The van der Waals surface area contributed by atoms with Crippen molar-refractivity contribution < 1.29 is 14.7 Å². The largest absolute Gasteiger partial charge is 0.393 e. The van der Waals surface area contributed by atoms with Gasteiger partial charge in [-0.15, -0.1) is 0 Å². The highest BCUT2D eigenvalue weighted by molar-refractivity contribution is 5.97. The number of anilines is 2. The summed E-state index contributed by atoms with van der Waals surface area (Å²) in [6.07, 6.45) is 7.72. The quantitative estimate of drug-likeness (QED) is 0.488. The molecule has 0 bridgehead atoms. The molecule has 9 nitrogen and oxygen atoms in total. The molecule has 2 fully saturated rings. The van der Waals surface area contributed by atoms with Gasteiger partial charge in [0.15, 0.2) is 0 Å². The summed E-state index contributed by atoms with van der Waals surface area (Å²) in [5.74, 6) is 0.421. The van der Waals surface area contributed by atoms with Crippen LogP contribution in [0, 0.1) is 5.92 Å². The van der Waals surface area contributed by atoms with Crippen molar-refractivity contribution in [3.63, 3.8) is 0 Å². The molecule has 0 spiro atoms. The van der Waals surface area contributed by atoms with E-state index in [9.17, 15) is 14.7 Å². The number of nitrogens with zero attached hydrogens (tertiary/aromatic N) is 2. The van der Waals surface area contributed by atoms with Crippen LogP contribution in [0.1, 0.15) is 61.7 Å². The molecule has 0 saturated heterocycles. The summed E-state index contributed by atoms with van der Waals surface area (Å²) >= 11 is 0. The molecule has 0 aliphatic heterocycles. The van der Waals surface area contributed by atoms with Crippen LogP contribution in [0.4, 0.5) is 11.8 Å². The molecule has 0 unspecified atom stereocenters. The summed E-state index contributed by atoms with van der Waals surface area (Å²) in [6, 6.07) is 0.234. The number of nitrogens with one attached hydrogen (secondary N) is 3. The zero-order valence-electron chi connectivity index (χ0n) is 16.3. The second kappa shape index (κ2) is 9.18.